The Balaban J connectivity index is 4.31. The largest absolute Gasteiger partial charge is 0.544 e. The van der Waals surface area contributed by atoms with Gasteiger partial charge in [-0.25, -0.2) is 0 Å². The van der Waals surface area contributed by atoms with Crippen molar-refractivity contribution in [2.24, 2.45) is 0 Å². The van der Waals surface area contributed by atoms with Crippen LogP contribution in [0.2, 0.25) is 0 Å². The third-order valence-electron chi connectivity index (χ3n) is 8.84. The number of carboxylic acid groups (broad SMARTS) is 1. The van der Waals surface area contributed by atoms with Gasteiger partial charge in [0.15, 0.2) is 6.10 Å². The van der Waals surface area contributed by atoms with Crippen LogP contribution in [0.4, 0.5) is 0 Å². The maximum absolute atomic E-state index is 12.6. The SMILES string of the molecule is CCCCCC/C=C\C/C=C\CCCCCCCCCC(=O)OC(COCCC(C(=O)[O-])[N+](C)(C)C)COC(=O)CCCCCCCCC. The summed E-state index contributed by atoms with van der Waals surface area (Å²) in [5.41, 5.74) is 0. The molecule has 0 aliphatic carbocycles. The van der Waals surface area contributed by atoms with Crippen molar-refractivity contribution in [3.05, 3.63) is 24.3 Å². The Labute approximate surface area is 301 Å². The third kappa shape index (κ3) is 31.5. The molecule has 0 saturated carbocycles. The van der Waals surface area contributed by atoms with Crippen molar-refractivity contribution in [3.63, 3.8) is 0 Å². The summed E-state index contributed by atoms with van der Waals surface area (Å²) < 4.78 is 17.0. The molecule has 8 nitrogen and oxygen atoms in total. The van der Waals surface area contributed by atoms with Crippen LogP contribution in [-0.4, -0.2) is 75.5 Å². The Morgan fingerprint density at radius 3 is 1.59 bits per heavy atom. The summed E-state index contributed by atoms with van der Waals surface area (Å²) >= 11 is 0. The quantitative estimate of drug-likeness (QED) is 0.0283. The van der Waals surface area contributed by atoms with Gasteiger partial charge in [-0.05, 0) is 44.9 Å². The molecule has 0 amide bonds. The Morgan fingerprint density at radius 2 is 1.08 bits per heavy atom. The number of quaternary nitrogens is 1. The lowest BCUT2D eigenvalue weighted by Gasteiger charge is -2.34. The van der Waals surface area contributed by atoms with E-state index in [0.29, 0.717) is 12.8 Å². The molecule has 0 heterocycles. The first-order chi connectivity index (χ1) is 23.6. The second-order valence-corrected chi connectivity index (χ2v) is 14.5. The molecule has 0 bridgehead atoms. The number of unbranched alkanes of at least 4 members (excludes halogenated alkanes) is 17. The molecule has 0 aromatic heterocycles. The molecule has 2 unspecified atom stereocenters. The molecule has 2 atom stereocenters. The number of rotatable bonds is 35. The zero-order valence-electron chi connectivity index (χ0n) is 32.4. The molecular weight excluding hydrogens is 618 g/mol. The van der Waals surface area contributed by atoms with E-state index in [1.165, 1.54) is 83.5 Å². The van der Waals surface area contributed by atoms with E-state index in [2.05, 4.69) is 38.2 Å². The topological polar surface area (TPSA) is 102 Å². The highest BCUT2D eigenvalue weighted by Gasteiger charge is 2.25. The monoisotopic (exact) mass is 694 g/mol. The standard InChI is InChI=1S/C41H75NO7/c1-6-8-10-12-14-15-16-17-18-19-20-21-22-23-24-26-28-30-32-40(44)49-37(35-47-34-33-38(41(45)46)42(3,4)5)36-48-39(43)31-29-27-25-13-11-9-7-2/h15-16,18-19,37-38H,6-14,17,20-36H2,1-5H3/b16-15-,19-18-. The number of nitrogens with zero attached hydrogens (tertiary/aromatic N) is 1. The number of ether oxygens (including phenoxy) is 3. The number of carbonyl (C=O) groups excluding carboxylic acids is 3. The normalized spacial score (nSPS) is 13.2. The van der Waals surface area contributed by atoms with Gasteiger partial charge in [-0.2, -0.15) is 0 Å². The molecule has 0 spiro atoms. The van der Waals surface area contributed by atoms with E-state index in [4.69, 9.17) is 14.2 Å². The predicted octanol–water partition coefficient (Wildman–Crippen LogP) is 8.80. The lowest BCUT2D eigenvalue weighted by molar-refractivity contribution is -0.889. The smallest absolute Gasteiger partial charge is 0.306 e. The molecule has 0 fully saturated rings. The Kier molecular flexibility index (Phi) is 31.5. The molecule has 0 N–H and O–H groups in total. The Hall–Kier alpha value is -2.19. The van der Waals surface area contributed by atoms with Crippen LogP contribution in [-0.2, 0) is 28.6 Å². The first kappa shape index (κ1) is 46.8. The lowest BCUT2D eigenvalue weighted by atomic mass is 10.1. The Bertz CT molecular complexity index is 864. The second-order valence-electron chi connectivity index (χ2n) is 14.5. The van der Waals surface area contributed by atoms with E-state index in [0.717, 1.165) is 51.4 Å². The van der Waals surface area contributed by atoms with Gasteiger partial charge in [0.1, 0.15) is 12.6 Å². The fraction of sp³-hybridized carbons (Fsp3) is 0.829. The zero-order chi connectivity index (χ0) is 36.4. The fourth-order valence-electron chi connectivity index (χ4n) is 5.69. The van der Waals surface area contributed by atoms with Crippen LogP contribution in [0.1, 0.15) is 168 Å². The third-order valence-corrected chi connectivity index (χ3v) is 8.84. The van der Waals surface area contributed by atoms with Crippen LogP contribution in [0.5, 0.6) is 0 Å². The number of allylic oxidation sites excluding steroid dienone is 4. The van der Waals surface area contributed by atoms with Gasteiger partial charge in [-0.3, -0.25) is 9.59 Å². The van der Waals surface area contributed by atoms with Crippen molar-refractivity contribution in [2.45, 2.75) is 180 Å². The highest BCUT2D eigenvalue weighted by Crippen LogP contribution is 2.13. The molecule has 0 saturated heterocycles. The number of hydrogen-bond acceptors (Lipinski definition) is 7. The van der Waals surface area contributed by atoms with Crippen molar-refractivity contribution in [3.8, 4) is 0 Å². The van der Waals surface area contributed by atoms with Gasteiger partial charge in [0.05, 0.1) is 40.3 Å². The first-order valence-electron chi connectivity index (χ1n) is 19.9. The summed E-state index contributed by atoms with van der Waals surface area (Å²) in [5.74, 6) is -1.75. The number of carboxylic acids is 1. The average molecular weight is 694 g/mol. The minimum absolute atomic E-state index is 0.0401. The molecule has 0 aromatic rings. The lowest BCUT2D eigenvalue weighted by Crippen LogP contribution is -2.55. The summed E-state index contributed by atoms with van der Waals surface area (Å²) in [6, 6.07) is -0.722. The van der Waals surface area contributed by atoms with Gasteiger partial charge in [0.2, 0.25) is 0 Å². The predicted molar refractivity (Wildman–Crippen MR) is 199 cm³/mol. The molecular formula is C41H75NO7. The molecule has 0 aliphatic rings. The van der Waals surface area contributed by atoms with E-state index in [9.17, 15) is 19.5 Å². The van der Waals surface area contributed by atoms with E-state index >= 15 is 0 Å². The van der Waals surface area contributed by atoms with Crippen LogP contribution < -0.4 is 5.11 Å². The van der Waals surface area contributed by atoms with E-state index in [1.807, 2.05) is 0 Å². The highest BCUT2D eigenvalue weighted by atomic mass is 16.6. The van der Waals surface area contributed by atoms with Crippen molar-refractivity contribution >= 4 is 17.9 Å². The first-order valence-corrected chi connectivity index (χ1v) is 19.9. The summed E-state index contributed by atoms with van der Waals surface area (Å²) in [4.78, 5) is 36.5. The van der Waals surface area contributed by atoms with Crippen LogP contribution in [0.15, 0.2) is 24.3 Å². The van der Waals surface area contributed by atoms with Gasteiger partial charge in [0.25, 0.3) is 0 Å². The number of hydrogen-bond donors (Lipinski definition) is 0. The molecule has 0 radical (unpaired) electrons. The van der Waals surface area contributed by atoms with Crippen molar-refractivity contribution in [1.82, 2.24) is 0 Å². The molecule has 0 aliphatic heterocycles. The van der Waals surface area contributed by atoms with Crippen LogP contribution in [0, 0.1) is 0 Å². The fourth-order valence-corrected chi connectivity index (χ4v) is 5.69. The molecule has 8 heteroatoms. The molecule has 49 heavy (non-hydrogen) atoms. The minimum atomic E-state index is -1.13. The average Bonchev–Trinajstić information content (AvgIpc) is 3.05. The van der Waals surface area contributed by atoms with Crippen LogP contribution >= 0.6 is 0 Å². The Morgan fingerprint density at radius 1 is 0.612 bits per heavy atom. The van der Waals surface area contributed by atoms with E-state index in [-0.39, 0.29) is 42.7 Å². The van der Waals surface area contributed by atoms with E-state index in [1.54, 1.807) is 21.1 Å². The van der Waals surface area contributed by atoms with E-state index < -0.39 is 18.1 Å². The van der Waals surface area contributed by atoms with Gasteiger partial charge >= 0.3 is 11.9 Å². The highest BCUT2D eigenvalue weighted by molar-refractivity contribution is 5.70. The van der Waals surface area contributed by atoms with Crippen LogP contribution in [0.3, 0.4) is 0 Å². The summed E-state index contributed by atoms with van der Waals surface area (Å²) in [7, 11) is 5.39. The zero-order valence-corrected chi connectivity index (χ0v) is 32.4. The van der Waals surface area contributed by atoms with Crippen molar-refractivity contribution in [2.75, 3.05) is 41.0 Å². The second kappa shape index (κ2) is 33.0. The minimum Gasteiger partial charge on any atom is -0.544 e. The number of carbonyl (C=O) groups is 3. The number of aliphatic carboxylic acids is 1. The van der Waals surface area contributed by atoms with Gasteiger partial charge in [-0.15, -0.1) is 0 Å². The van der Waals surface area contributed by atoms with Gasteiger partial charge < -0.3 is 28.6 Å². The van der Waals surface area contributed by atoms with Crippen molar-refractivity contribution in [1.29, 1.82) is 0 Å². The maximum atomic E-state index is 12.6. The summed E-state index contributed by atoms with van der Waals surface area (Å²) in [6.45, 7) is 4.59. The van der Waals surface area contributed by atoms with Crippen LogP contribution in [0.25, 0.3) is 0 Å². The van der Waals surface area contributed by atoms with Gasteiger partial charge in [-0.1, -0.05) is 128 Å². The molecule has 286 valence electrons. The number of likely N-dealkylation sites (N-methyl/N-ethyl adjacent to an activating group) is 1. The molecule has 0 rings (SSSR count). The summed E-state index contributed by atoms with van der Waals surface area (Å²) in [5, 5.41) is 11.6. The molecule has 0 aromatic carbocycles. The van der Waals surface area contributed by atoms with Crippen molar-refractivity contribution < 1.29 is 38.2 Å². The number of esters is 2. The maximum Gasteiger partial charge on any atom is 0.306 e. The summed E-state index contributed by atoms with van der Waals surface area (Å²) in [6.07, 6.45) is 33.5. The van der Waals surface area contributed by atoms with Gasteiger partial charge in [0, 0.05) is 19.3 Å².